The summed E-state index contributed by atoms with van der Waals surface area (Å²) in [5, 5.41) is 2.66. The minimum Gasteiger partial charge on any atom is -0.497 e. The van der Waals surface area contributed by atoms with Gasteiger partial charge < -0.3 is 14.8 Å². The number of hydrogen-bond donors (Lipinski definition) is 1. The van der Waals surface area contributed by atoms with Crippen molar-refractivity contribution in [3.8, 4) is 5.75 Å². The highest BCUT2D eigenvalue weighted by Crippen LogP contribution is 2.20. The summed E-state index contributed by atoms with van der Waals surface area (Å²) in [6, 6.07) is 3.43. The lowest BCUT2D eigenvalue weighted by Gasteiger charge is -2.21. The van der Waals surface area contributed by atoms with Crippen LogP contribution in [0.3, 0.4) is 0 Å². The zero-order valence-electron chi connectivity index (χ0n) is 13.8. The van der Waals surface area contributed by atoms with E-state index in [1.165, 1.54) is 33.3 Å². The van der Waals surface area contributed by atoms with E-state index in [1.54, 1.807) is 0 Å². The fraction of sp³-hybridized carbons (Fsp3) is 0.533. The van der Waals surface area contributed by atoms with Crippen molar-refractivity contribution < 1.29 is 27.1 Å². The predicted molar refractivity (Wildman–Crippen MR) is 86.0 cm³/mol. The Morgan fingerprint density at radius 2 is 2.12 bits per heavy atom. The molecule has 0 spiro atoms. The molecule has 1 aromatic rings. The molecule has 2 rings (SSSR count). The Labute approximate surface area is 140 Å². The number of carbonyl (C=O) groups excluding carboxylic acids is 1. The van der Waals surface area contributed by atoms with Crippen LogP contribution in [0, 0.1) is 11.7 Å². The summed E-state index contributed by atoms with van der Waals surface area (Å²) in [5.41, 5.74) is -0.128. The van der Waals surface area contributed by atoms with E-state index >= 15 is 0 Å². The summed E-state index contributed by atoms with van der Waals surface area (Å²) < 4.78 is 49.3. The molecule has 0 saturated carbocycles. The Balaban J connectivity index is 2.08. The van der Waals surface area contributed by atoms with Crippen LogP contribution in [0.2, 0.25) is 0 Å². The molecule has 0 radical (unpaired) electrons. The van der Waals surface area contributed by atoms with Gasteiger partial charge >= 0.3 is 0 Å². The molecule has 1 N–H and O–H groups in total. The normalized spacial score (nSPS) is 21.0. The number of methoxy groups -OCH3 is 1. The summed E-state index contributed by atoms with van der Waals surface area (Å²) in [4.78, 5) is 12.3. The highest BCUT2D eigenvalue weighted by atomic mass is 32.2. The fourth-order valence-electron chi connectivity index (χ4n) is 2.40. The molecule has 134 valence electrons. The van der Waals surface area contributed by atoms with E-state index in [4.69, 9.17) is 9.47 Å². The molecule has 1 aliphatic rings. The highest BCUT2D eigenvalue weighted by Gasteiger charge is 2.34. The van der Waals surface area contributed by atoms with Crippen LogP contribution in [0.15, 0.2) is 18.2 Å². The van der Waals surface area contributed by atoms with Crippen LogP contribution in [-0.2, 0) is 14.8 Å². The average Bonchev–Trinajstić information content (AvgIpc) is 2.93. The van der Waals surface area contributed by atoms with Gasteiger partial charge in [0.05, 0.1) is 37.7 Å². The summed E-state index contributed by atoms with van der Waals surface area (Å²) in [7, 11) is 0.882. The second-order valence-electron chi connectivity index (χ2n) is 5.78. The monoisotopic (exact) mass is 360 g/mol. The van der Waals surface area contributed by atoms with Crippen molar-refractivity contribution in [2.75, 3.05) is 40.2 Å². The summed E-state index contributed by atoms with van der Waals surface area (Å²) in [6.45, 7) is 0.417. The van der Waals surface area contributed by atoms with E-state index in [2.05, 4.69) is 5.32 Å². The van der Waals surface area contributed by atoms with Crippen molar-refractivity contribution in [1.82, 2.24) is 9.62 Å². The lowest BCUT2D eigenvalue weighted by molar-refractivity contribution is 0.0922. The number of sulfonamides is 1. The molecular formula is C15H21FN2O5S. The molecule has 0 bridgehead atoms. The van der Waals surface area contributed by atoms with Crippen LogP contribution in [0.25, 0.3) is 0 Å². The molecule has 7 nitrogen and oxygen atoms in total. The number of halogens is 1. The fourth-order valence-corrected chi connectivity index (χ4v) is 3.56. The molecule has 1 aromatic carbocycles. The van der Waals surface area contributed by atoms with Gasteiger partial charge in [-0.05, 0) is 12.1 Å². The molecule has 24 heavy (non-hydrogen) atoms. The second-order valence-corrected chi connectivity index (χ2v) is 8.01. The molecule has 1 amide bonds. The maximum absolute atomic E-state index is 14.0. The van der Waals surface area contributed by atoms with E-state index in [0.717, 1.165) is 10.4 Å². The van der Waals surface area contributed by atoms with Gasteiger partial charge in [-0.15, -0.1) is 0 Å². The summed E-state index contributed by atoms with van der Waals surface area (Å²) in [5.74, 6) is -1.54. The zero-order valence-corrected chi connectivity index (χ0v) is 14.6. The van der Waals surface area contributed by atoms with Gasteiger partial charge in [-0.1, -0.05) is 0 Å². The lowest BCUT2D eigenvalue weighted by Crippen LogP contribution is -2.43. The molecule has 1 aliphatic heterocycles. The van der Waals surface area contributed by atoms with E-state index in [0.29, 0.717) is 5.75 Å². The van der Waals surface area contributed by atoms with Crippen molar-refractivity contribution in [3.05, 3.63) is 29.6 Å². The molecule has 0 aromatic heterocycles. The molecule has 1 saturated heterocycles. The van der Waals surface area contributed by atoms with Gasteiger partial charge in [0.2, 0.25) is 10.0 Å². The number of ether oxygens (including phenoxy) is 2. The van der Waals surface area contributed by atoms with Crippen LogP contribution in [0.1, 0.15) is 10.4 Å². The van der Waals surface area contributed by atoms with E-state index in [1.807, 2.05) is 0 Å². The molecule has 9 heteroatoms. The topological polar surface area (TPSA) is 84.9 Å². The van der Waals surface area contributed by atoms with Crippen LogP contribution in [-0.4, -0.2) is 64.8 Å². The molecule has 0 aliphatic carbocycles. The standard InChI is InChI=1S/C15H21FN2O5S/c1-18(2)24(20,21)9-10-7-23-8-14(10)17-15(19)12-5-4-11(22-3)6-13(12)16/h4-6,10,14H,7-9H2,1-3H3,(H,17,19)/t10-,14+/m0/s1. The van der Waals surface area contributed by atoms with Gasteiger partial charge in [0.25, 0.3) is 5.91 Å². The van der Waals surface area contributed by atoms with Crippen molar-refractivity contribution >= 4 is 15.9 Å². The van der Waals surface area contributed by atoms with Gasteiger partial charge in [0.1, 0.15) is 11.6 Å². The third-order valence-electron chi connectivity index (χ3n) is 3.92. The maximum Gasteiger partial charge on any atom is 0.254 e. The number of amides is 1. The zero-order chi connectivity index (χ0) is 17.9. The smallest absolute Gasteiger partial charge is 0.254 e. The molecule has 0 unspecified atom stereocenters. The quantitative estimate of drug-likeness (QED) is 0.797. The SMILES string of the molecule is COc1ccc(C(=O)N[C@@H]2COC[C@H]2CS(=O)(=O)N(C)C)c(F)c1. The van der Waals surface area contributed by atoms with Crippen LogP contribution in [0.4, 0.5) is 4.39 Å². The van der Waals surface area contributed by atoms with Crippen molar-refractivity contribution in [2.45, 2.75) is 6.04 Å². The number of nitrogens with zero attached hydrogens (tertiary/aromatic N) is 1. The first-order chi connectivity index (χ1) is 11.2. The Hall–Kier alpha value is -1.71. The number of hydrogen-bond acceptors (Lipinski definition) is 5. The number of rotatable bonds is 6. The summed E-state index contributed by atoms with van der Waals surface area (Å²) >= 11 is 0. The Morgan fingerprint density at radius 3 is 2.71 bits per heavy atom. The first-order valence-electron chi connectivity index (χ1n) is 7.37. The predicted octanol–water partition coefficient (Wildman–Crippen LogP) is 0.470. The third-order valence-corrected chi connectivity index (χ3v) is 5.88. The molecular weight excluding hydrogens is 339 g/mol. The Kier molecular flexibility index (Phi) is 5.79. The van der Waals surface area contributed by atoms with Crippen molar-refractivity contribution in [3.63, 3.8) is 0 Å². The van der Waals surface area contributed by atoms with Gasteiger partial charge in [0, 0.05) is 26.1 Å². The first kappa shape index (κ1) is 18.6. The van der Waals surface area contributed by atoms with Gasteiger partial charge in [-0.2, -0.15) is 0 Å². The van der Waals surface area contributed by atoms with Gasteiger partial charge in [0.15, 0.2) is 0 Å². The number of benzene rings is 1. The minimum atomic E-state index is -3.42. The van der Waals surface area contributed by atoms with Crippen LogP contribution < -0.4 is 10.1 Å². The maximum atomic E-state index is 14.0. The van der Waals surface area contributed by atoms with Gasteiger partial charge in [-0.3, -0.25) is 4.79 Å². The largest absolute Gasteiger partial charge is 0.497 e. The van der Waals surface area contributed by atoms with Crippen LogP contribution >= 0.6 is 0 Å². The Bertz CT molecular complexity index is 708. The van der Waals surface area contributed by atoms with E-state index in [-0.39, 0.29) is 30.4 Å². The van der Waals surface area contributed by atoms with Crippen molar-refractivity contribution in [2.24, 2.45) is 5.92 Å². The number of nitrogens with one attached hydrogen (secondary N) is 1. The Morgan fingerprint density at radius 1 is 1.42 bits per heavy atom. The summed E-state index contributed by atoms with van der Waals surface area (Å²) in [6.07, 6.45) is 0. The van der Waals surface area contributed by atoms with E-state index in [9.17, 15) is 17.6 Å². The van der Waals surface area contributed by atoms with Crippen molar-refractivity contribution in [1.29, 1.82) is 0 Å². The average molecular weight is 360 g/mol. The highest BCUT2D eigenvalue weighted by molar-refractivity contribution is 7.89. The minimum absolute atomic E-state index is 0.128. The first-order valence-corrected chi connectivity index (χ1v) is 8.98. The van der Waals surface area contributed by atoms with E-state index < -0.39 is 27.8 Å². The molecule has 1 fully saturated rings. The number of carbonyl (C=O) groups is 1. The van der Waals surface area contributed by atoms with Crippen LogP contribution in [0.5, 0.6) is 5.75 Å². The lowest BCUT2D eigenvalue weighted by atomic mass is 10.1. The van der Waals surface area contributed by atoms with Gasteiger partial charge in [-0.25, -0.2) is 17.1 Å². The molecule has 2 atom stereocenters. The second kappa shape index (κ2) is 7.45. The molecule has 1 heterocycles. The third kappa shape index (κ3) is 4.22.